The van der Waals surface area contributed by atoms with Gasteiger partial charge in [-0.15, -0.1) is 0 Å². The summed E-state index contributed by atoms with van der Waals surface area (Å²) < 4.78 is 27.5. The molecule has 14 heavy (non-hydrogen) atoms. The molecule has 5 heteroatoms. The van der Waals surface area contributed by atoms with E-state index in [0.717, 1.165) is 6.42 Å². The van der Waals surface area contributed by atoms with Gasteiger partial charge in [-0.2, -0.15) is 0 Å². The second-order valence-corrected chi connectivity index (χ2v) is 6.99. The van der Waals surface area contributed by atoms with Crippen molar-refractivity contribution in [3.63, 3.8) is 0 Å². The fraction of sp³-hybridized carbons (Fsp3) is 1.00. The Labute approximate surface area is 90.2 Å². The molecule has 0 heterocycles. The summed E-state index contributed by atoms with van der Waals surface area (Å²) in [6.07, 6.45) is 3.17. The quantitative estimate of drug-likeness (QED) is 0.669. The maximum absolute atomic E-state index is 11.0. The fourth-order valence-electron chi connectivity index (χ4n) is 1.81. The minimum atomic E-state index is -3.47. The van der Waals surface area contributed by atoms with Gasteiger partial charge in [0.05, 0.1) is 11.4 Å². The molecule has 0 aromatic heterocycles. The van der Waals surface area contributed by atoms with Crippen molar-refractivity contribution in [3.8, 4) is 0 Å². The van der Waals surface area contributed by atoms with Gasteiger partial charge in [0.15, 0.2) is 0 Å². The zero-order valence-corrected chi connectivity index (χ0v) is 10.2. The van der Waals surface area contributed by atoms with Crippen LogP contribution in [0.3, 0.4) is 0 Å². The van der Waals surface area contributed by atoms with Crippen LogP contribution in [-0.4, -0.2) is 26.4 Å². The first-order valence-corrected chi connectivity index (χ1v) is 7.39. The predicted molar refractivity (Wildman–Crippen MR) is 57.0 cm³/mol. The molecule has 1 fully saturated rings. The minimum absolute atomic E-state index is 0.0914. The van der Waals surface area contributed by atoms with Crippen molar-refractivity contribution in [2.75, 3.05) is 12.4 Å². The summed E-state index contributed by atoms with van der Waals surface area (Å²) in [5.41, 5.74) is -0.601. The van der Waals surface area contributed by atoms with E-state index >= 15 is 0 Å². The highest BCUT2D eigenvalue weighted by molar-refractivity contribution is 8.13. The van der Waals surface area contributed by atoms with E-state index in [0.29, 0.717) is 12.5 Å². The van der Waals surface area contributed by atoms with Crippen molar-refractivity contribution in [2.45, 2.75) is 38.7 Å². The molecule has 0 bridgehead atoms. The van der Waals surface area contributed by atoms with Crippen LogP contribution in [0.5, 0.6) is 0 Å². The molecule has 1 unspecified atom stereocenters. The summed E-state index contributed by atoms with van der Waals surface area (Å²) >= 11 is 0. The molecule has 0 amide bonds. The molecule has 0 aromatic rings. The summed E-state index contributed by atoms with van der Waals surface area (Å²) in [6.45, 7) is 4.22. The molecular weight excluding hydrogens is 224 g/mol. The summed E-state index contributed by atoms with van der Waals surface area (Å²) in [4.78, 5) is 0. The third-order valence-corrected chi connectivity index (χ3v) is 3.67. The van der Waals surface area contributed by atoms with Gasteiger partial charge < -0.3 is 4.74 Å². The molecular formula is C9H17ClO3S. The molecule has 3 nitrogen and oxygen atoms in total. The van der Waals surface area contributed by atoms with Gasteiger partial charge >= 0.3 is 0 Å². The van der Waals surface area contributed by atoms with Gasteiger partial charge in [0.2, 0.25) is 9.05 Å². The summed E-state index contributed by atoms with van der Waals surface area (Å²) in [5.74, 6) is 0.538. The van der Waals surface area contributed by atoms with E-state index in [1.807, 2.05) is 13.8 Å². The monoisotopic (exact) mass is 240 g/mol. The van der Waals surface area contributed by atoms with Gasteiger partial charge in [0, 0.05) is 17.3 Å². The Balaban J connectivity index is 2.58. The number of hydrogen-bond donors (Lipinski definition) is 0. The Morgan fingerprint density at radius 3 is 2.43 bits per heavy atom. The van der Waals surface area contributed by atoms with Gasteiger partial charge in [0.25, 0.3) is 0 Å². The molecule has 0 saturated heterocycles. The zero-order chi connectivity index (χ0) is 10.8. The third-order valence-electron chi connectivity index (χ3n) is 2.39. The van der Waals surface area contributed by atoms with Gasteiger partial charge in [-0.1, -0.05) is 12.8 Å². The average Bonchev–Trinajstić information content (AvgIpc) is 2.66. The second kappa shape index (κ2) is 4.37. The molecule has 1 saturated carbocycles. The topological polar surface area (TPSA) is 43.4 Å². The maximum atomic E-state index is 11.0. The molecule has 1 aliphatic rings. The fourth-order valence-corrected chi connectivity index (χ4v) is 3.43. The minimum Gasteiger partial charge on any atom is -0.374 e. The van der Waals surface area contributed by atoms with Crippen molar-refractivity contribution < 1.29 is 13.2 Å². The summed E-state index contributed by atoms with van der Waals surface area (Å²) in [6, 6.07) is 0. The van der Waals surface area contributed by atoms with Crippen LogP contribution < -0.4 is 0 Å². The standard InChI is InChI=1S/C9H17ClO3S/c1-3-13-9(2,6-8-4-5-8)7-14(10,11)12/h8H,3-7H2,1-2H3. The SMILES string of the molecule is CCOC(C)(CC1CC1)CS(=O)(=O)Cl. The first-order chi connectivity index (χ1) is 6.35. The van der Waals surface area contributed by atoms with Crippen molar-refractivity contribution in [1.82, 2.24) is 0 Å². The van der Waals surface area contributed by atoms with E-state index in [2.05, 4.69) is 0 Å². The first-order valence-electron chi connectivity index (χ1n) is 4.91. The van der Waals surface area contributed by atoms with Crippen LogP contribution in [0.2, 0.25) is 0 Å². The van der Waals surface area contributed by atoms with E-state index in [1.165, 1.54) is 12.8 Å². The third kappa shape index (κ3) is 4.62. The second-order valence-electron chi connectivity index (χ2n) is 4.21. The van der Waals surface area contributed by atoms with Crippen LogP contribution in [0.1, 0.15) is 33.1 Å². The Bertz CT molecular complexity index is 284. The maximum Gasteiger partial charge on any atom is 0.235 e. The summed E-state index contributed by atoms with van der Waals surface area (Å²) in [5, 5.41) is 0. The lowest BCUT2D eigenvalue weighted by atomic mass is 10.0. The highest BCUT2D eigenvalue weighted by Crippen LogP contribution is 2.38. The van der Waals surface area contributed by atoms with Gasteiger partial charge in [0.1, 0.15) is 0 Å². The Morgan fingerprint density at radius 1 is 1.50 bits per heavy atom. The van der Waals surface area contributed by atoms with E-state index in [4.69, 9.17) is 15.4 Å². The Kier molecular flexibility index (Phi) is 3.83. The molecule has 0 spiro atoms. The van der Waals surface area contributed by atoms with Crippen molar-refractivity contribution in [3.05, 3.63) is 0 Å². The van der Waals surface area contributed by atoms with E-state index in [1.54, 1.807) is 0 Å². The predicted octanol–water partition coefficient (Wildman–Crippen LogP) is 2.15. The Hall–Kier alpha value is 0.200. The Morgan fingerprint density at radius 2 is 2.07 bits per heavy atom. The molecule has 1 atom stereocenters. The van der Waals surface area contributed by atoms with Gasteiger partial charge in [-0.25, -0.2) is 8.42 Å². The highest BCUT2D eigenvalue weighted by Gasteiger charge is 2.37. The van der Waals surface area contributed by atoms with Gasteiger partial charge in [-0.3, -0.25) is 0 Å². The van der Waals surface area contributed by atoms with E-state index < -0.39 is 14.7 Å². The van der Waals surface area contributed by atoms with Crippen LogP contribution >= 0.6 is 10.7 Å². The summed E-state index contributed by atoms with van der Waals surface area (Å²) in [7, 11) is 1.77. The zero-order valence-electron chi connectivity index (χ0n) is 8.62. The average molecular weight is 241 g/mol. The largest absolute Gasteiger partial charge is 0.374 e. The highest BCUT2D eigenvalue weighted by atomic mass is 35.7. The van der Waals surface area contributed by atoms with Crippen molar-refractivity contribution >= 4 is 19.7 Å². The van der Waals surface area contributed by atoms with Crippen molar-refractivity contribution in [2.24, 2.45) is 5.92 Å². The van der Waals surface area contributed by atoms with E-state index in [-0.39, 0.29) is 5.75 Å². The van der Waals surface area contributed by atoms with Crippen LogP contribution in [0.4, 0.5) is 0 Å². The number of hydrogen-bond acceptors (Lipinski definition) is 3. The normalized spacial score (nSPS) is 21.9. The molecule has 1 rings (SSSR count). The van der Waals surface area contributed by atoms with Crippen LogP contribution in [-0.2, 0) is 13.8 Å². The van der Waals surface area contributed by atoms with E-state index in [9.17, 15) is 8.42 Å². The lowest BCUT2D eigenvalue weighted by Gasteiger charge is -2.28. The molecule has 0 N–H and O–H groups in total. The number of halogens is 1. The van der Waals surface area contributed by atoms with Crippen molar-refractivity contribution in [1.29, 1.82) is 0 Å². The van der Waals surface area contributed by atoms with Crippen LogP contribution in [0, 0.1) is 5.92 Å². The number of rotatable bonds is 6. The van der Waals surface area contributed by atoms with Gasteiger partial charge in [-0.05, 0) is 26.2 Å². The number of ether oxygens (including phenoxy) is 1. The lowest BCUT2D eigenvalue weighted by Crippen LogP contribution is -2.36. The lowest BCUT2D eigenvalue weighted by molar-refractivity contribution is -0.0169. The molecule has 0 radical (unpaired) electrons. The van der Waals surface area contributed by atoms with Crippen LogP contribution in [0.15, 0.2) is 0 Å². The first kappa shape index (κ1) is 12.3. The molecule has 84 valence electrons. The van der Waals surface area contributed by atoms with Crippen LogP contribution in [0.25, 0.3) is 0 Å². The smallest absolute Gasteiger partial charge is 0.235 e. The molecule has 0 aliphatic heterocycles. The molecule has 1 aliphatic carbocycles. The molecule has 0 aromatic carbocycles.